The van der Waals surface area contributed by atoms with Crippen molar-refractivity contribution in [1.82, 2.24) is 0 Å². The molecule has 1 saturated carbocycles. The summed E-state index contributed by atoms with van der Waals surface area (Å²) in [6.07, 6.45) is 8.89. The van der Waals surface area contributed by atoms with Gasteiger partial charge in [0.05, 0.1) is 0 Å². The van der Waals surface area contributed by atoms with Gasteiger partial charge < -0.3 is 0 Å². The van der Waals surface area contributed by atoms with Crippen molar-refractivity contribution in [2.45, 2.75) is 66.7 Å². The summed E-state index contributed by atoms with van der Waals surface area (Å²) >= 11 is 0. The van der Waals surface area contributed by atoms with Crippen molar-refractivity contribution < 1.29 is 0 Å². The Morgan fingerprint density at radius 3 is 1.92 bits per heavy atom. The zero-order valence-electron chi connectivity index (χ0n) is 8.32. The van der Waals surface area contributed by atoms with Gasteiger partial charge in [0.15, 0.2) is 0 Å². The summed E-state index contributed by atoms with van der Waals surface area (Å²) in [4.78, 5) is 0. The molecule has 0 nitrogen and oxygen atoms in total. The molecule has 0 unspecified atom stereocenters. The maximum Gasteiger partial charge on any atom is -0.0380 e. The maximum absolute atomic E-state index is 2.36. The van der Waals surface area contributed by atoms with Crippen LogP contribution >= 0.6 is 0 Å². The molecule has 0 heterocycles. The topological polar surface area (TPSA) is 0 Å². The number of rotatable bonds is 1. The van der Waals surface area contributed by atoms with Crippen molar-refractivity contribution in [3.05, 3.63) is 0 Å². The highest BCUT2D eigenvalue weighted by Gasteiger charge is 2.20. The lowest BCUT2D eigenvalue weighted by Crippen LogP contribution is -2.15. The molecule has 0 amide bonds. The first-order valence-corrected chi connectivity index (χ1v) is 5.08. The summed E-state index contributed by atoms with van der Waals surface area (Å²) in [7, 11) is 0. The molecule has 0 aromatic rings. The average Bonchev–Trinajstić information content (AvgIpc) is 1.85. The van der Waals surface area contributed by atoms with Gasteiger partial charge in [-0.3, -0.25) is 0 Å². The Labute approximate surface area is 78.8 Å². The molecule has 1 fully saturated rings. The molecule has 0 bridgehead atoms. The van der Waals surface area contributed by atoms with Crippen LogP contribution in [0.15, 0.2) is 0 Å². The first-order chi connectivity index (χ1) is 5.08. The summed E-state index contributed by atoms with van der Waals surface area (Å²) in [6, 6.07) is 0. The van der Waals surface area contributed by atoms with Crippen LogP contribution in [0.1, 0.15) is 66.7 Å². The van der Waals surface area contributed by atoms with Crippen molar-refractivity contribution in [2.75, 3.05) is 0 Å². The molecule has 1 rings (SSSR count). The van der Waals surface area contributed by atoms with Crippen molar-refractivity contribution >= 4 is 0 Å². The van der Waals surface area contributed by atoms with E-state index in [9.17, 15) is 0 Å². The van der Waals surface area contributed by atoms with E-state index in [1.807, 2.05) is 0 Å². The van der Waals surface area contributed by atoms with Crippen LogP contribution < -0.4 is 0 Å². The van der Waals surface area contributed by atoms with Gasteiger partial charge in [-0.2, -0.15) is 0 Å². The second kappa shape index (κ2) is 4.89. The minimum Gasteiger partial charge on any atom is -0.0776 e. The lowest BCUT2D eigenvalue weighted by Gasteiger charge is -2.28. The molecule has 0 saturated heterocycles. The molecule has 0 heteroatoms. The minimum absolute atomic E-state index is 0. The van der Waals surface area contributed by atoms with Crippen molar-refractivity contribution in [3.63, 3.8) is 0 Å². The molecule has 0 atom stereocenters. The van der Waals surface area contributed by atoms with Gasteiger partial charge in [0.25, 0.3) is 0 Å². The van der Waals surface area contributed by atoms with Gasteiger partial charge >= 0.3 is 0 Å². The fraction of sp³-hybridized carbons (Fsp3) is 1.00. The van der Waals surface area contributed by atoms with Crippen molar-refractivity contribution in [3.8, 4) is 0 Å². The summed E-state index contributed by atoms with van der Waals surface area (Å²) in [6.45, 7) is 7.09. The molecule has 0 aromatic carbocycles. The SMILES string of the molecule is C.CC(C)(C)CC1CCCCC1. The monoisotopic (exact) mass is 170 g/mol. The third kappa shape index (κ3) is 4.79. The summed E-state index contributed by atoms with van der Waals surface area (Å²) in [5, 5.41) is 0. The van der Waals surface area contributed by atoms with Crippen LogP contribution in [0.2, 0.25) is 0 Å². The van der Waals surface area contributed by atoms with Crippen LogP contribution in [0.4, 0.5) is 0 Å². The Hall–Kier alpha value is 0. The molecule has 0 N–H and O–H groups in total. The highest BCUT2D eigenvalue weighted by molar-refractivity contribution is 4.72. The van der Waals surface area contributed by atoms with E-state index in [-0.39, 0.29) is 7.43 Å². The largest absolute Gasteiger partial charge is 0.0776 e. The van der Waals surface area contributed by atoms with Crippen molar-refractivity contribution in [2.24, 2.45) is 11.3 Å². The van der Waals surface area contributed by atoms with E-state index in [1.54, 1.807) is 0 Å². The Balaban J connectivity index is 0.00000121. The van der Waals surface area contributed by atoms with Crippen LogP contribution in [0.25, 0.3) is 0 Å². The van der Waals surface area contributed by atoms with Crippen LogP contribution in [0.5, 0.6) is 0 Å². The molecular weight excluding hydrogens is 144 g/mol. The normalized spacial score (nSPS) is 20.2. The van der Waals surface area contributed by atoms with Gasteiger partial charge in [0, 0.05) is 0 Å². The van der Waals surface area contributed by atoms with Gasteiger partial charge in [-0.15, -0.1) is 0 Å². The van der Waals surface area contributed by atoms with E-state index in [0.29, 0.717) is 5.41 Å². The second-order valence-corrected chi connectivity index (χ2v) is 5.27. The fourth-order valence-electron chi connectivity index (χ4n) is 2.26. The smallest absolute Gasteiger partial charge is 0.0380 e. The first-order valence-electron chi connectivity index (χ1n) is 5.08. The molecule has 1 aliphatic rings. The van der Waals surface area contributed by atoms with Gasteiger partial charge in [-0.05, 0) is 17.8 Å². The summed E-state index contributed by atoms with van der Waals surface area (Å²) in [5.41, 5.74) is 0.558. The zero-order valence-corrected chi connectivity index (χ0v) is 8.32. The Bertz CT molecular complexity index is 102. The molecule has 12 heavy (non-hydrogen) atoms. The lowest BCUT2D eigenvalue weighted by molar-refractivity contribution is 0.240. The molecule has 0 aromatic heterocycles. The molecule has 0 aliphatic heterocycles. The fourth-order valence-corrected chi connectivity index (χ4v) is 2.26. The predicted octanol–water partition coefficient (Wildman–Crippen LogP) is 4.64. The van der Waals surface area contributed by atoms with E-state index in [4.69, 9.17) is 0 Å². The lowest BCUT2D eigenvalue weighted by atomic mass is 9.78. The van der Waals surface area contributed by atoms with E-state index < -0.39 is 0 Å². The van der Waals surface area contributed by atoms with Crippen molar-refractivity contribution in [1.29, 1.82) is 0 Å². The average molecular weight is 170 g/mol. The van der Waals surface area contributed by atoms with Crippen LogP contribution in [0, 0.1) is 11.3 Å². The van der Waals surface area contributed by atoms with Gasteiger partial charge in [0.1, 0.15) is 0 Å². The predicted molar refractivity (Wildman–Crippen MR) is 57.4 cm³/mol. The Morgan fingerprint density at radius 1 is 1.00 bits per heavy atom. The van der Waals surface area contributed by atoms with E-state index in [2.05, 4.69) is 20.8 Å². The van der Waals surface area contributed by atoms with Gasteiger partial charge in [0.2, 0.25) is 0 Å². The first kappa shape index (κ1) is 12.0. The van der Waals surface area contributed by atoms with E-state index in [1.165, 1.54) is 38.5 Å². The van der Waals surface area contributed by atoms with Crippen LogP contribution in [0.3, 0.4) is 0 Å². The highest BCUT2D eigenvalue weighted by atomic mass is 14.3. The van der Waals surface area contributed by atoms with E-state index in [0.717, 1.165) is 5.92 Å². The molecule has 74 valence electrons. The minimum atomic E-state index is 0. The van der Waals surface area contributed by atoms with Gasteiger partial charge in [-0.1, -0.05) is 60.3 Å². The Kier molecular flexibility index (Phi) is 4.89. The van der Waals surface area contributed by atoms with Crippen LogP contribution in [-0.4, -0.2) is 0 Å². The molecule has 0 spiro atoms. The quantitative estimate of drug-likeness (QED) is 0.538. The number of hydrogen-bond acceptors (Lipinski definition) is 0. The summed E-state index contributed by atoms with van der Waals surface area (Å²) in [5.74, 6) is 1.05. The second-order valence-electron chi connectivity index (χ2n) is 5.27. The third-order valence-electron chi connectivity index (χ3n) is 2.63. The molecule has 1 aliphatic carbocycles. The zero-order chi connectivity index (χ0) is 8.32. The van der Waals surface area contributed by atoms with Gasteiger partial charge in [-0.25, -0.2) is 0 Å². The Morgan fingerprint density at radius 2 is 1.50 bits per heavy atom. The molecule has 0 radical (unpaired) electrons. The highest BCUT2D eigenvalue weighted by Crippen LogP contribution is 2.33. The van der Waals surface area contributed by atoms with E-state index >= 15 is 0 Å². The third-order valence-corrected chi connectivity index (χ3v) is 2.63. The van der Waals surface area contributed by atoms with Crippen LogP contribution in [-0.2, 0) is 0 Å². The molecular formula is C12H26. The number of hydrogen-bond donors (Lipinski definition) is 0. The summed E-state index contributed by atoms with van der Waals surface area (Å²) < 4.78 is 0. The maximum atomic E-state index is 2.36. The standard InChI is InChI=1S/C11H22.CH4/c1-11(2,3)9-10-7-5-4-6-8-10;/h10H,4-9H2,1-3H3;1H4.